The number of nitrogens with zero attached hydrogens (tertiary/aromatic N) is 2. The number of rotatable bonds is 4. The van der Waals surface area contributed by atoms with Crippen LogP contribution in [0, 0.1) is 0 Å². The van der Waals surface area contributed by atoms with E-state index in [1.807, 2.05) is 24.3 Å². The Hall–Kier alpha value is -1.70. The fraction of sp³-hybridized carbons (Fsp3) is 0.167. The van der Waals surface area contributed by atoms with Crippen molar-refractivity contribution in [3.8, 4) is 0 Å². The monoisotopic (exact) mass is 186 g/mol. The molecule has 1 aliphatic carbocycles. The minimum Gasteiger partial charge on any atom is -0.281 e. The molecule has 1 rings (SSSR count). The summed E-state index contributed by atoms with van der Waals surface area (Å²) >= 11 is 0. The zero-order valence-electron chi connectivity index (χ0n) is 8.19. The molecule has 0 spiro atoms. The van der Waals surface area contributed by atoms with Crippen molar-refractivity contribution in [3.05, 3.63) is 49.6 Å². The quantitative estimate of drug-likeness (QED) is 0.475. The van der Waals surface area contributed by atoms with Gasteiger partial charge in [0, 0.05) is 0 Å². The molecule has 72 valence electrons. The summed E-state index contributed by atoms with van der Waals surface area (Å²) in [7, 11) is 0. The molecule has 0 aliphatic heterocycles. The third kappa shape index (κ3) is 3.35. The molecule has 0 heterocycles. The van der Waals surface area contributed by atoms with Crippen molar-refractivity contribution in [2.75, 3.05) is 13.1 Å². The first kappa shape index (κ1) is 10.4. The Morgan fingerprint density at radius 1 is 0.857 bits per heavy atom. The summed E-state index contributed by atoms with van der Waals surface area (Å²) in [6, 6.07) is 0. The van der Waals surface area contributed by atoms with Crippen LogP contribution in [0.25, 0.3) is 0 Å². The normalized spacial score (nSPS) is 14.0. The first-order valence-electron chi connectivity index (χ1n) is 4.53. The summed E-state index contributed by atoms with van der Waals surface area (Å²) in [5, 5.41) is 0. The third-order valence-corrected chi connectivity index (χ3v) is 1.66. The maximum absolute atomic E-state index is 4.27. The lowest BCUT2D eigenvalue weighted by Gasteiger charge is -2.00. The van der Waals surface area contributed by atoms with Crippen molar-refractivity contribution in [1.29, 1.82) is 0 Å². The van der Waals surface area contributed by atoms with Gasteiger partial charge in [0.05, 0.1) is 24.5 Å². The summed E-state index contributed by atoms with van der Waals surface area (Å²) in [6.45, 7) is 8.53. The SMILES string of the molecule is C=CCN=C1C=CC(=NCC=C)C=C1. The maximum atomic E-state index is 4.27. The highest BCUT2D eigenvalue weighted by Crippen LogP contribution is 1.98. The third-order valence-electron chi connectivity index (χ3n) is 1.66. The van der Waals surface area contributed by atoms with Crippen LogP contribution >= 0.6 is 0 Å². The molecule has 0 atom stereocenters. The number of allylic oxidation sites excluding steroid dienone is 4. The van der Waals surface area contributed by atoms with Gasteiger partial charge in [-0.3, -0.25) is 9.98 Å². The predicted molar refractivity (Wildman–Crippen MR) is 63.3 cm³/mol. The minimum absolute atomic E-state index is 0.656. The Morgan fingerprint density at radius 3 is 1.50 bits per heavy atom. The number of hydrogen-bond acceptors (Lipinski definition) is 2. The molecule has 2 heteroatoms. The van der Waals surface area contributed by atoms with Crippen LogP contribution in [-0.2, 0) is 0 Å². The molecule has 0 saturated carbocycles. The van der Waals surface area contributed by atoms with Gasteiger partial charge in [-0.2, -0.15) is 0 Å². The molecule has 0 radical (unpaired) electrons. The lowest BCUT2D eigenvalue weighted by Crippen LogP contribution is -2.01. The molecular formula is C12H14N2. The molecule has 0 aromatic rings. The summed E-state index contributed by atoms with van der Waals surface area (Å²) in [4.78, 5) is 8.53. The van der Waals surface area contributed by atoms with Crippen LogP contribution in [0.3, 0.4) is 0 Å². The van der Waals surface area contributed by atoms with Crippen LogP contribution in [0.15, 0.2) is 59.6 Å². The maximum Gasteiger partial charge on any atom is 0.0579 e. The van der Waals surface area contributed by atoms with Gasteiger partial charge >= 0.3 is 0 Å². The van der Waals surface area contributed by atoms with E-state index >= 15 is 0 Å². The average molecular weight is 186 g/mol. The Kier molecular flexibility index (Phi) is 4.35. The van der Waals surface area contributed by atoms with Crippen molar-refractivity contribution >= 4 is 11.4 Å². The van der Waals surface area contributed by atoms with Gasteiger partial charge in [-0.1, -0.05) is 12.2 Å². The standard InChI is InChI=1S/C12H14N2/c1-3-9-13-11-5-7-12(8-6-11)14-10-4-2/h3-8H,1-2,9-10H2. The molecule has 0 amide bonds. The van der Waals surface area contributed by atoms with Crippen molar-refractivity contribution in [2.24, 2.45) is 9.98 Å². The van der Waals surface area contributed by atoms with E-state index in [4.69, 9.17) is 0 Å². The zero-order valence-corrected chi connectivity index (χ0v) is 8.19. The Balaban J connectivity index is 2.60. The van der Waals surface area contributed by atoms with E-state index in [-0.39, 0.29) is 0 Å². The average Bonchev–Trinajstić information content (AvgIpc) is 2.25. The van der Waals surface area contributed by atoms with Gasteiger partial charge in [0.15, 0.2) is 0 Å². The second kappa shape index (κ2) is 5.86. The molecule has 0 aromatic carbocycles. The second-order valence-electron chi connectivity index (χ2n) is 2.78. The van der Waals surface area contributed by atoms with Gasteiger partial charge in [0.25, 0.3) is 0 Å². The van der Waals surface area contributed by atoms with E-state index in [2.05, 4.69) is 23.1 Å². The highest BCUT2D eigenvalue weighted by atomic mass is 14.7. The van der Waals surface area contributed by atoms with Gasteiger partial charge in [0.1, 0.15) is 0 Å². The molecule has 14 heavy (non-hydrogen) atoms. The first-order valence-corrected chi connectivity index (χ1v) is 4.53. The smallest absolute Gasteiger partial charge is 0.0579 e. The molecule has 0 saturated heterocycles. The minimum atomic E-state index is 0.656. The molecular weight excluding hydrogens is 172 g/mol. The Morgan fingerprint density at radius 2 is 1.21 bits per heavy atom. The van der Waals surface area contributed by atoms with Crippen molar-refractivity contribution in [3.63, 3.8) is 0 Å². The Labute approximate surface area is 84.8 Å². The first-order chi connectivity index (χ1) is 6.86. The van der Waals surface area contributed by atoms with E-state index < -0.39 is 0 Å². The molecule has 0 fully saturated rings. The highest BCUT2D eigenvalue weighted by molar-refractivity contribution is 6.18. The van der Waals surface area contributed by atoms with Gasteiger partial charge in [0.2, 0.25) is 0 Å². The zero-order chi connectivity index (χ0) is 10.2. The fourth-order valence-electron chi connectivity index (χ4n) is 1.00. The molecule has 0 unspecified atom stereocenters. The molecule has 0 N–H and O–H groups in total. The summed E-state index contributed by atoms with van der Waals surface area (Å²) in [5.74, 6) is 0. The fourth-order valence-corrected chi connectivity index (χ4v) is 1.00. The van der Waals surface area contributed by atoms with Crippen LogP contribution in [0.2, 0.25) is 0 Å². The van der Waals surface area contributed by atoms with E-state index in [0.29, 0.717) is 13.1 Å². The van der Waals surface area contributed by atoms with Crippen molar-refractivity contribution in [2.45, 2.75) is 0 Å². The summed E-state index contributed by atoms with van der Waals surface area (Å²) < 4.78 is 0. The van der Waals surface area contributed by atoms with E-state index in [1.165, 1.54) is 0 Å². The van der Waals surface area contributed by atoms with Gasteiger partial charge in [-0.15, -0.1) is 13.2 Å². The van der Waals surface area contributed by atoms with Crippen LogP contribution in [0.1, 0.15) is 0 Å². The van der Waals surface area contributed by atoms with Gasteiger partial charge < -0.3 is 0 Å². The topological polar surface area (TPSA) is 24.7 Å². The molecule has 2 nitrogen and oxygen atoms in total. The van der Waals surface area contributed by atoms with Crippen LogP contribution < -0.4 is 0 Å². The van der Waals surface area contributed by atoms with Crippen molar-refractivity contribution < 1.29 is 0 Å². The van der Waals surface area contributed by atoms with Crippen molar-refractivity contribution in [1.82, 2.24) is 0 Å². The predicted octanol–water partition coefficient (Wildman–Crippen LogP) is 2.37. The second-order valence-corrected chi connectivity index (χ2v) is 2.78. The van der Waals surface area contributed by atoms with E-state index in [9.17, 15) is 0 Å². The largest absolute Gasteiger partial charge is 0.281 e. The number of aliphatic imine (C=N–C) groups is 2. The molecule has 0 bridgehead atoms. The highest BCUT2D eigenvalue weighted by Gasteiger charge is 1.96. The van der Waals surface area contributed by atoms with Crippen LogP contribution in [-0.4, -0.2) is 24.5 Å². The molecule has 0 aromatic heterocycles. The summed E-state index contributed by atoms with van der Waals surface area (Å²) in [6.07, 6.45) is 11.3. The lowest BCUT2D eigenvalue weighted by atomic mass is 10.1. The number of hydrogen-bond donors (Lipinski definition) is 0. The van der Waals surface area contributed by atoms with Gasteiger partial charge in [-0.05, 0) is 24.3 Å². The van der Waals surface area contributed by atoms with Crippen LogP contribution in [0.5, 0.6) is 0 Å². The Bertz CT molecular complexity index is 280. The van der Waals surface area contributed by atoms with E-state index in [1.54, 1.807) is 12.2 Å². The van der Waals surface area contributed by atoms with Gasteiger partial charge in [-0.25, -0.2) is 0 Å². The summed E-state index contributed by atoms with van der Waals surface area (Å²) in [5.41, 5.74) is 1.92. The molecule has 1 aliphatic rings. The lowest BCUT2D eigenvalue weighted by molar-refractivity contribution is 1.25. The van der Waals surface area contributed by atoms with Crippen LogP contribution in [0.4, 0.5) is 0 Å². The van der Waals surface area contributed by atoms with E-state index in [0.717, 1.165) is 11.4 Å².